The summed E-state index contributed by atoms with van der Waals surface area (Å²) in [6.07, 6.45) is 10.4. The van der Waals surface area contributed by atoms with Crippen LogP contribution in [0.3, 0.4) is 0 Å². The maximum Gasteiger partial charge on any atom is 0.0597 e. The first kappa shape index (κ1) is 17.7. The molecule has 1 rings (SSSR count). The molecule has 0 aromatic heterocycles. The molecule has 1 saturated heterocycles. The van der Waals surface area contributed by atoms with Crippen LogP contribution in [0.15, 0.2) is 12.7 Å². The minimum Gasteiger partial charge on any atom is -0.375 e. The van der Waals surface area contributed by atoms with E-state index in [-0.39, 0.29) is 0 Å². The molecule has 118 valence electrons. The zero-order valence-electron chi connectivity index (χ0n) is 14.0. The van der Waals surface area contributed by atoms with Gasteiger partial charge in [-0.3, -0.25) is 0 Å². The topological polar surface area (TPSA) is 21.3 Å². The van der Waals surface area contributed by atoms with Crippen molar-refractivity contribution in [3.05, 3.63) is 12.7 Å². The SMILES string of the molecule is C=CCCCCCC(NCCC)C1C(C)OC(C)C1C. The Balaban J connectivity index is 2.47. The fourth-order valence-corrected chi connectivity index (χ4v) is 3.58. The molecule has 0 radical (unpaired) electrons. The molecule has 0 aliphatic carbocycles. The van der Waals surface area contributed by atoms with Gasteiger partial charge in [0, 0.05) is 12.0 Å². The van der Waals surface area contributed by atoms with Gasteiger partial charge in [-0.1, -0.05) is 32.8 Å². The monoisotopic (exact) mass is 281 g/mol. The number of hydrogen-bond acceptors (Lipinski definition) is 2. The lowest BCUT2D eigenvalue weighted by Crippen LogP contribution is -2.42. The average Bonchev–Trinajstić information content (AvgIpc) is 2.67. The standard InChI is InChI=1S/C18H35NO/c1-6-8-9-10-11-12-17(19-13-7-2)18-14(3)15(4)20-16(18)5/h6,14-19H,1,7-13H2,2-5H3. The van der Waals surface area contributed by atoms with E-state index in [1.54, 1.807) is 0 Å². The van der Waals surface area contributed by atoms with E-state index in [1.165, 1.54) is 32.1 Å². The van der Waals surface area contributed by atoms with Crippen LogP contribution in [0.4, 0.5) is 0 Å². The van der Waals surface area contributed by atoms with Crippen molar-refractivity contribution in [3.8, 4) is 0 Å². The number of nitrogens with one attached hydrogen (secondary N) is 1. The summed E-state index contributed by atoms with van der Waals surface area (Å²) in [7, 11) is 0. The molecule has 20 heavy (non-hydrogen) atoms. The Morgan fingerprint density at radius 1 is 1.15 bits per heavy atom. The number of rotatable bonds is 10. The second-order valence-corrected chi connectivity index (χ2v) is 6.47. The molecule has 1 heterocycles. The van der Waals surface area contributed by atoms with Crippen molar-refractivity contribution in [2.24, 2.45) is 11.8 Å². The average molecular weight is 281 g/mol. The Morgan fingerprint density at radius 3 is 2.45 bits per heavy atom. The molecule has 1 N–H and O–H groups in total. The highest BCUT2D eigenvalue weighted by Crippen LogP contribution is 2.36. The summed E-state index contributed by atoms with van der Waals surface area (Å²) < 4.78 is 6.04. The van der Waals surface area contributed by atoms with Crippen molar-refractivity contribution in [1.82, 2.24) is 5.32 Å². The third kappa shape index (κ3) is 5.21. The molecule has 1 fully saturated rings. The Kier molecular flexibility index (Phi) is 8.47. The summed E-state index contributed by atoms with van der Waals surface area (Å²) in [4.78, 5) is 0. The van der Waals surface area contributed by atoms with Crippen LogP contribution in [-0.4, -0.2) is 24.8 Å². The van der Waals surface area contributed by atoms with Crippen LogP contribution >= 0.6 is 0 Å². The second kappa shape index (κ2) is 9.57. The predicted octanol–water partition coefficient (Wildman–Crippen LogP) is 4.55. The maximum atomic E-state index is 6.04. The first-order valence-corrected chi connectivity index (χ1v) is 8.61. The van der Waals surface area contributed by atoms with Gasteiger partial charge in [-0.05, 0) is 52.0 Å². The Labute approximate surface area is 126 Å². The molecule has 1 aliphatic heterocycles. The molecular formula is C18H35NO. The van der Waals surface area contributed by atoms with Crippen molar-refractivity contribution in [1.29, 1.82) is 0 Å². The number of unbranched alkanes of at least 4 members (excludes halogenated alkanes) is 3. The second-order valence-electron chi connectivity index (χ2n) is 6.47. The molecule has 2 heteroatoms. The van der Waals surface area contributed by atoms with E-state index in [0.717, 1.165) is 13.0 Å². The van der Waals surface area contributed by atoms with E-state index in [4.69, 9.17) is 4.74 Å². The Morgan fingerprint density at radius 2 is 1.90 bits per heavy atom. The molecule has 0 saturated carbocycles. The van der Waals surface area contributed by atoms with Crippen LogP contribution in [0.5, 0.6) is 0 Å². The molecular weight excluding hydrogens is 246 g/mol. The molecule has 0 aromatic carbocycles. The zero-order chi connectivity index (χ0) is 15.0. The van der Waals surface area contributed by atoms with Gasteiger partial charge in [0.05, 0.1) is 12.2 Å². The van der Waals surface area contributed by atoms with Gasteiger partial charge in [0.1, 0.15) is 0 Å². The molecule has 1 aliphatic rings. The van der Waals surface area contributed by atoms with E-state index >= 15 is 0 Å². The van der Waals surface area contributed by atoms with Crippen molar-refractivity contribution in [2.75, 3.05) is 6.54 Å². The fraction of sp³-hybridized carbons (Fsp3) is 0.889. The quantitative estimate of drug-likeness (QED) is 0.468. The van der Waals surface area contributed by atoms with E-state index in [0.29, 0.717) is 30.1 Å². The van der Waals surface area contributed by atoms with Crippen LogP contribution < -0.4 is 5.32 Å². The van der Waals surface area contributed by atoms with Crippen LogP contribution in [-0.2, 0) is 4.74 Å². The molecule has 0 bridgehead atoms. The minimum absolute atomic E-state index is 0.391. The summed E-state index contributed by atoms with van der Waals surface area (Å²) in [5.41, 5.74) is 0. The molecule has 0 aromatic rings. The summed E-state index contributed by atoms with van der Waals surface area (Å²) in [6.45, 7) is 14.0. The van der Waals surface area contributed by atoms with Gasteiger partial charge in [0.25, 0.3) is 0 Å². The van der Waals surface area contributed by atoms with Gasteiger partial charge >= 0.3 is 0 Å². The predicted molar refractivity (Wildman–Crippen MR) is 88.0 cm³/mol. The third-order valence-electron chi connectivity index (χ3n) is 4.86. The highest BCUT2D eigenvalue weighted by atomic mass is 16.5. The lowest BCUT2D eigenvalue weighted by Gasteiger charge is -2.30. The van der Waals surface area contributed by atoms with Gasteiger partial charge < -0.3 is 10.1 Å². The molecule has 5 atom stereocenters. The molecule has 0 amide bonds. The highest BCUT2D eigenvalue weighted by molar-refractivity contribution is 4.91. The van der Waals surface area contributed by atoms with E-state index in [9.17, 15) is 0 Å². The van der Waals surface area contributed by atoms with Gasteiger partial charge in [-0.15, -0.1) is 6.58 Å². The number of ether oxygens (including phenoxy) is 1. The van der Waals surface area contributed by atoms with Crippen LogP contribution in [0, 0.1) is 11.8 Å². The lowest BCUT2D eigenvalue weighted by molar-refractivity contribution is 0.0471. The summed E-state index contributed by atoms with van der Waals surface area (Å²) >= 11 is 0. The van der Waals surface area contributed by atoms with E-state index in [1.807, 2.05) is 6.08 Å². The van der Waals surface area contributed by atoms with Gasteiger partial charge in [0.2, 0.25) is 0 Å². The first-order valence-electron chi connectivity index (χ1n) is 8.61. The fourth-order valence-electron chi connectivity index (χ4n) is 3.58. The maximum absolute atomic E-state index is 6.04. The normalized spacial score (nSPS) is 31.4. The molecule has 5 unspecified atom stereocenters. The van der Waals surface area contributed by atoms with Crippen molar-refractivity contribution >= 4 is 0 Å². The zero-order valence-corrected chi connectivity index (χ0v) is 14.0. The molecule has 2 nitrogen and oxygen atoms in total. The van der Waals surface area contributed by atoms with Crippen molar-refractivity contribution < 1.29 is 4.74 Å². The van der Waals surface area contributed by atoms with Crippen molar-refractivity contribution in [2.45, 2.75) is 84.5 Å². The first-order chi connectivity index (χ1) is 9.61. The van der Waals surface area contributed by atoms with Crippen LogP contribution in [0.25, 0.3) is 0 Å². The van der Waals surface area contributed by atoms with Gasteiger partial charge in [-0.25, -0.2) is 0 Å². The smallest absolute Gasteiger partial charge is 0.0597 e. The van der Waals surface area contributed by atoms with Crippen molar-refractivity contribution in [3.63, 3.8) is 0 Å². The Bertz CT molecular complexity index is 266. The van der Waals surface area contributed by atoms with E-state index < -0.39 is 0 Å². The highest BCUT2D eigenvalue weighted by Gasteiger charge is 2.40. The summed E-state index contributed by atoms with van der Waals surface area (Å²) in [5.74, 6) is 1.32. The Hall–Kier alpha value is -0.340. The van der Waals surface area contributed by atoms with Crippen LogP contribution in [0.1, 0.15) is 66.2 Å². The molecule has 0 spiro atoms. The minimum atomic E-state index is 0.391. The number of allylic oxidation sites excluding steroid dienone is 1. The third-order valence-corrected chi connectivity index (χ3v) is 4.86. The van der Waals surface area contributed by atoms with Gasteiger partial charge in [0.15, 0.2) is 0 Å². The van der Waals surface area contributed by atoms with Crippen LogP contribution in [0.2, 0.25) is 0 Å². The largest absolute Gasteiger partial charge is 0.375 e. The van der Waals surface area contributed by atoms with E-state index in [2.05, 4.69) is 39.6 Å². The summed E-state index contributed by atoms with van der Waals surface area (Å²) in [6, 6.07) is 0.619. The lowest BCUT2D eigenvalue weighted by atomic mass is 9.81. The summed E-state index contributed by atoms with van der Waals surface area (Å²) in [5, 5.41) is 3.78. The van der Waals surface area contributed by atoms with Gasteiger partial charge in [-0.2, -0.15) is 0 Å². The number of hydrogen-bond donors (Lipinski definition) is 1.